The molecule has 0 aliphatic heterocycles. The number of hydrogen-bond acceptors (Lipinski definition) is 3. The Bertz CT molecular complexity index is 743. The van der Waals surface area contributed by atoms with Gasteiger partial charge in [0.05, 0.1) is 11.1 Å². The average molecular weight is 311 g/mol. The van der Waals surface area contributed by atoms with Crippen LogP contribution in [-0.4, -0.2) is 18.2 Å². The number of halogens is 1. The van der Waals surface area contributed by atoms with E-state index in [0.29, 0.717) is 16.9 Å². The number of aryl methyl sites for hydroxylation is 2. The van der Waals surface area contributed by atoms with E-state index in [4.69, 9.17) is 0 Å². The summed E-state index contributed by atoms with van der Waals surface area (Å²) in [5.41, 5.74) is 0.742. The van der Waals surface area contributed by atoms with E-state index in [1.807, 2.05) is 13.8 Å². The first kappa shape index (κ1) is 15.5. The Morgan fingerprint density at radius 1 is 1.24 bits per heavy atom. The summed E-state index contributed by atoms with van der Waals surface area (Å²) in [4.78, 5) is 0.0976. The van der Waals surface area contributed by atoms with Crippen LogP contribution in [0.15, 0.2) is 29.3 Å². The maximum Gasteiger partial charge on any atom is 0.263 e. The summed E-state index contributed by atoms with van der Waals surface area (Å²) in [6.45, 7) is 6.95. The molecule has 0 fully saturated rings. The summed E-state index contributed by atoms with van der Waals surface area (Å²) in [6, 6.07) is 4.03. The SMILES string of the molecule is Cc1cc(F)cc(C)c1S(=O)(=O)Nc1ccnn1C(C)C. The second-order valence-corrected chi connectivity index (χ2v) is 6.85. The number of nitrogens with zero attached hydrogens (tertiary/aromatic N) is 2. The van der Waals surface area contributed by atoms with Gasteiger partial charge >= 0.3 is 0 Å². The number of anilines is 1. The zero-order valence-electron chi connectivity index (χ0n) is 12.4. The first-order valence-corrected chi connectivity index (χ1v) is 8.04. The smallest absolute Gasteiger partial charge is 0.263 e. The zero-order valence-corrected chi connectivity index (χ0v) is 13.2. The van der Waals surface area contributed by atoms with Gasteiger partial charge in [0.1, 0.15) is 11.6 Å². The van der Waals surface area contributed by atoms with Crippen LogP contribution in [0.25, 0.3) is 0 Å². The molecule has 0 aliphatic rings. The number of benzene rings is 1. The Morgan fingerprint density at radius 2 is 1.81 bits per heavy atom. The second-order valence-electron chi connectivity index (χ2n) is 5.23. The summed E-state index contributed by atoms with van der Waals surface area (Å²) in [7, 11) is -3.79. The lowest BCUT2D eigenvalue weighted by molar-refractivity contribution is 0.539. The second kappa shape index (κ2) is 5.48. The molecule has 5 nitrogen and oxygen atoms in total. The van der Waals surface area contributed by atoms with E-state index in [0.717, 1.165) is 0 Å². The summed E-state index contributed by atoms with van der Waals surface area (Å²) >= 11 is 0. The number of rotatable bonds is 4. The minimum Gasteiger partial charge on any atom is -0.264 e. The molecule has 2 rings (SSSR count). The monoisotopic (exact) mass is 311 g/mol. The molecule has 1 aromatic heterocycles. The van der Waals surface area contributed by atoms with Crippen LogP contribution >= 0.6 is 0 Å². The number of hydrogen-bond donors (Lipinski definition) is 1. The van der Waals surface area contributed by atoms with Crippen LogP contribution in [0.4, 0.5) is 10.2 Å². The number of aromatic nitrogens is 2. The van der Waals surface area contributed by atoms with Crippen LogP contribution in [-0.2, 0) is 10.0 Å². The van der Waals surface area contributed by atoms with Crippen molar-refractivity contribution in [1.29, 1.82) is 0 Å². The summed E-state index contributed by atoms with van der Waals surface area (Å²) in [5.74, 6) is -0.0655. The lowest BCUT2D eigenvalue weighted by Gasteiger charge is -2.15. The molecule has 7 heteroatoms. The van der Waals surface area contributed by atoms with Crippen LogP contribution in [0.1, 0.15) is 31.0 Å². The fourth-order valence-electron chi connectivity index (χ4n) is 2.32. The van der Waals surface area contributed by atoms with Crippen LogP contribution in [0.2, 0.25) is 0 Å². The highest BCUT2D eigenvalue weighted by atomic mass is 32.2. The van der Waals surface area contributed by atoms with Crippen molar-refractivity contribution < 1.29 is 12.8 Å². The molecule has 21 heavy (non-hydrogen) atoms. The molecule has 0 saturated carbocycles. The molecule has 1 aromatic carbocycles. The van der Waals surface area contributed by atoms with E-state index in [2.05, 4.69) is 9.82 Å². The quantitative estimate of drug-likeness (QED) is 0.944. The standard InChI is InChI=1S/C14H18FN3O2S/c1-9(2)18-13(5-6-16-18)17-21(19,20)14-10(3)7-12(15)8-11(14)4/h5-9,17H,1-4H3. The van der Waals surface area contributed by atoms with E-state index in [1.165, 1.54) is 18.3 Å². The van der Waals surface area contributed by atoms with Crippen LogP contribution in [0.3, 0.4) is 0 Å². The van der Waals surface area contributed by atoms with Crippen molar-refractivity contribution in [1.82, 2.24) is 9.78 Å². The highest BCUT2D eigenvalue weighted by Crippen LogP contribution is 2.24. The Kier molecular flexibility index (Phi) is 4.04. The molecule has 0 saturated heterocycles. The van der Waals surface area contributed by atoms with E-state index in [-0.39, 0.29) is 10.9 Å². The maximum absolute atomic E-state index is 13.3. The first-order valence-electron chi connectivity index (χ1n) is 6.55. The van der Waals surface area contributed by atoms with E-state index >= 15 is 0 Å². The van der Waals surface area contributed by atoms with Crippen LogP contribution in [0.5, 0.6) is 0 Å². The van der Waals surface area contributed by atoms with Gasteiger partial charge in [-0.25, -0.2) is 17.5 Å². The third kappa shape index (κ3) is 3.07. The normalized spacial score (nSPS) is 11.9. The highest BCUT2D eigenvalue weighted by Gasteiger charge is 2.22. The molecule has 0 spiro atoms. The van der Waals surface area contributed by atoms with E-state index in [1.54, 1.807) is 24.6 Å². The molecular formula is C14H18FN3O2S. The van der Waals surface area contributed by atoms with Gasteiger partial charge in [0, 0.05) is 12.1 Å². The van der Waals surface area contributed by atoms with Gasteiger partial charge in [0.15, 0.2) is 0 Å². The summed E-state index contributed by atoms with van der Waals surface area (Å²) < 4.78 is 42.5. The van der Waals surface area contributed by atoms with Gasteiger partial charge in [-0.3, -0.25) is 4.72 Å². The van der Waals surface area contributed by atoms with Gasteiger partial charge in [-0.05, 0) is 51.0 Å². The Hall–Kier alpha value is -1.89. The Morgan fingerprint density at radius 3 is 2.33 bits per heavy atom. The van der Waals surface area contributed by atoms with Crippen molar-refractivity contribution >= 4 is 15.8 Å². The molecule has 0 amide bonds. The van der Waals surface area contributed by atoms with Crippen molar-refractivity contribution in [2.75, 3.05) is 4.72 Å². The van der Waals surface area contributed by atoms with Gasteiger partial charge in [0.25, 0.3) is 10.0 Å². The third-order valence-corrected chi connectivity index (χ3v) is 4.75. The van der Waals surface area contributed by atoms with Crippen molar-refractivity contribution in [2.24, 2.45) is 0 Å². The van der Waals surface area contributed by atoms with Gasteiger partial charge in [-0.15, -0.1) is 0 Å². The average Bonchev–Trinajstić information content (AvgIpc) is 2.73. The van der Waals surface area contributed by atoms with Crippen LogP contribution < -0.4 is 4.72 Å². The highest BCUT2D eigenvalue weighted by molar-refractivity contribution is 7.92. The minimum atomic E-state index is -3.79. The fraction of sp³-hybridized carbons (Fsp3) is 0.357. The first-order chi connectivity index (χ1) is 9.72. The van der Waals surface area contributed by atoms with Gasteiger partial charge in [0.2, 0.25) is 0 Å². The molecule has 0 bridgehead atoms. The Balaban J connectivity index is 2.47. The lowest BCUT2D eigenvalue weighted by atomic mass is 10.1. The summed E-state index contributed by atoms with van der Waals surface area (Å²) in [6.07, 6.45) is 1.53. The van der Waals surface area contributed by atoms with Crippen LogP contribution in [0, 0.1) is 19.7 Å². The zero-order chi connectivity index (χ0) is 15.8. The predicted molar refractivity (Wildman–Crippen MR) is 79.3 cm³/mol. The number of sulfonamides is 1. The maximum atomic E-state index is 13.3. The fourth-order valence-corrected chi connectivity index (χ4v) is 3.82. The third-order valence-electron chi connectivity index (χ3n) is 3.09. The molecule has 0 atom stereocenters. The molecule has 0 unspecified atom stereocenters. The predicted octanol–water partition coefficient (Wildman–Crippen LogP) is 3.02. The van der Waals surface area contributed by atoms with Crippen molar-refractivity contribution in [2.45, 2.75) is 38.6 Å². The lowest BCUT2D eigenvalue weighted by Crippen LogP contribution is -2.19. The molecule has 0 aliphatic carbocycles. The molecule has 114 valence electrons. The number of nitrogens with one attached hydrogen (secondary N) is 1. The van der Waals surface area contributed by atoms with Crippen molar-refractivity contribution in [3.8, 4) is 0 Å². The molecular weight excluding hydrogens is 293 g/mol. The van der Waals surface area contributed by atoms with Crippen molar-refractivity contribution in [3.05, 3.63) is 41.3 Å². The molecule has 1 heterocycles. The summed E-state index contributed by atoms with van der Waals surface area (Å²) in [5, 5.41) is 4.08. The minimum absolute atomic E-state index is 0.0214. The molecule has 2 aromatic rings. The Labute approximate surface area is 123 Å². The van der Waals surface area contributed by atoms with Crippen molar-refractivity contribution in [3.63, 3.8) is 0 Å². The molecule has 0 radical (unpaired) electrons. The largest absolute Gasteiger partial charge is 0.264 e. The van der Waals surface area contributed by atoms with Gasteiger partial charge in [-0.1, -0.05) is 0 Å². The van der Waals surface area contributed by atoms with E-state index in [9.17, 15) is 12.8 Å². The topological polar surface area (TPSA) is 64.0 Å². The van der Waals surface area contributed by atoms with Gasteiger partial charge < -0.3 is 0 Å². The van der Waals surface area contributed by atoms with E-state index < -0.39 is 15.8 Å². The molecule has 1 N–H and O–H groups in total. The van der Waals surface area contributed by atoms with Gasteiger partial charge in [-0.2, -0.15) is 5.10 Å².